The van der Waals surface area contributed by atoms with Crippen molar-refractivity contribution in [2.24, 2.45) is 16.2 Å². The van der Waals surface area contributed by atoms with E-state index in [9.17, 15) is 4.79 Å². The number of carbonyl (C=O) groups is 1. The van der Waals surface area contributed by atoms with Crippen molar-refractivity contribution >= 4 is 13.8 Å². The number of hydrogen-bond acceptors (Lipinski definition) is 2. The van der Waals surface area contributed by atoms with Gasteiger partial charge in [0.05, 0.1) is 5.60 Å². The van der Waals surface area contributed by atoms with Gasteiger partial charge >= 0.3 is 0 Å². The van der Waals surface area contributed by atoms with Gasteiger partial charge in [0.25, 0.3) is 0 Å². The van der Waals surface area contributed by atoms with Gasteiger partial charge < -0.3 is 10.1 Å². The number of amides is 1. The highest BCUT2D eigenvalue weighted by Crippen LogP contribution is 2.45. The molecule has 0 aliphatic heterocycles. The first-order valence-electron chi connectivity index (χ1n) is 9.82. The normalized spacial score (nSPS) is 17.0. The summed E-state index contributed by atoms with van der Waals surface area (Å²) >= 11 is 0. The lowest BCUT2D eigenvalue weighted by atomic mass is 9.64. The van der Waals surface area contributed by atoms with Gasteiger partial charge in [0.15, 0.2) is 0 Å². The lowest BCUT2D eigenvalue weighted by Gasteiger charge is -2.47. The average Bonchev–Trinajstić information content (AvgIpc) is 2.18. The molecule has 3 nitrogen and oxygen atoms in total. The highest BCUT2D eigenvalue weighted by atomic mass is 16.5. The summed E-state index contributed by atoms with van der Waals surface area (Å²) in [6.45, 7) is 27.2. The molecule has 0 saturated carbocycles. The first kappa shape index (κ1) is 25.5. The quantitative estimate of drug-likeness (QED) is 0.609. The van der Waals surface area contributed by atoms with Gasteiger partial charge in [0.2, 0.25) is 5.91 Å². The fourth-order valence-electron chi connectivity index (χ4n) is 3.45. The summed E-state index contributed by atoms with van der Waals surface area (Å²) in [5.41, 5.74) is -1.83. The molecule has 152 valence electrons. The minimum absolute atomic E-state index is 0.0198. The van der Waals surface area contributed by atoms with Gasteiger partial charge in [0, 0.05) is 16.5 Å². The smallest absolute Gasteiger partial charge is 0.225 e. The van der Waals surface area contributed by atoms with Crippen molar-refractivity contribution in [1.29, 1.82) is 0 Å². The van der Waals surface area contributed by atoms with Crippen LogP contribution in [0.2, 0.25) is 0 Å². The molecule has 1 unspecified atom stereocenters. The molecule has 2 radical (unpaired) electrons. The third-order valence-corrected chi connectivity index (χ3v) is 5.33. The maximum atomic E-state index is 12.4. The second kappa shape index (κ2) is 7.49. The summed E-state index contributed by atoms with van der Waals surface area (Å²) < 4.78 is 6.39. The fourth-order valence-corrected chi connectivity index (χ4v) is 3.45. The standard InChI is InChI=1S/C22H44BNO2/c1-17(2,3)16(25)24-20(9,10)15-22(13,23)26-21(11,12)14-19(7,8)18(4,5)6/h14-15H2,1-13H3,(H,24,25). The molecular weight excluding hydrogens is 321 g/mol. The van der Waals surface area contributed by atoms with Gasteiger partial charge in [-0.05, 0) is 58.3 Å². The highest BCUT2D eigenvalue weighted by molar-refractivity contribution is 6.14. The Balaban J connectivity index is 5.14. The van der Waals surface area contributed by atoms with Crippen molar-refractivity contribution in [1.82, 2.24) is 5.32 Å². The van der Waals surface area contributed by atoms with E-state index in [1.807, 2.05) is 41.5 Å². The summed E-state index contributed by atoms with van der Waals surface area (Å²) in [6, 6.07) is 0. The van der Waals surface area contributed by atoms with Crippen LogP contribution < -0.4 is 5.32 Å². The van der Waals surface area contributed by atoms with E-state index in [1.54, 1.807) is 0 Å². The molecule has 0 aromatic carbocycles. The number of carbonyl (C=O) groups excluding carboxylic acids is 1. The topological polar surface area (TPSA) is 38.3 Å². The highest BCUT2D eigenvalue weighted by Gasteiger charge is 2.41. The number of ether oxygens (including phenoxy) is 1. The monoisotopic (exact) mass is 365 g/mol. The Hall–Kier alpha value is -0.505. The minimum atomic E-state index is -0.841. The fraction of sp³-hybridized carbons (Fsp3) is 0.955. The van der Waals surface area contributed by atoms with E-state index in [0.717, 1.165) is 6.42 Å². The van der Waals surface area contributed by atoms with Gasteiger partial charge in [0.1, 0.15) is 7.85 Å². The minimum Gasteiger partial charge on any atom is -0.379 e. The summed E-state index contributed by atoms with van der Waals surface area (Å²) in [6.07, 6.45) is 1.42. The molecule has 26 heavy (non-hydrogen) atoms. The summed E-state index contributed by atoms with van der Waals surface area (Å²) in [4.78, 5) is 12.4. The van der Waals surface area contributed by atoms with Crippen molar-refractivity contribution in [3.05, 3.63) is 0 Å². The zero-order valence-electron chi connectivity index (χ0n) is 19.8. The van der Waals surface area contributed by atoms with E-state index in [-0.39, 0.29) is 22.3 Å². The van der Waals surface area contributed by atoms with E-state index >= 15 is 0 Å². The first-order chi connectivity index (χ1) is 11.0. The van der Waals surface area contributed by atoms with Crippen LogP contribution in [0.4, 0.5) is 0 Å². The third kappa shape index (κ3) is 8.46. The van der Waals surface area contributed by atoms with Gasteiger partial charge in [-0.15, -0.1) is 0 Å². The van der Waals surface area contributed by atoms with Crippen LogP contribution >= 0.6 is 0 Å². The van der Waals surface area contributed by atoms with Crippen LogP contribution in [0.25, 0.3) is 0 Å². The SMILES string of the molecule is [B]C(C)(CC(C)(C)NC(=O)C(C)(C)C)OC(C)(C)CC(C)(C)C(C)(C)C. The molecule has 0 aliphatic carbocycles. The molecular formula is C22H44BNO2. The molecule has 1 N–H and O–H groups in total. The average molecular weight is 365 g/mol. The molecule has 0 saturated heterocycles. The van der Waals surface area contributed by atoms with Gasteiger partial charge in [-0.1, -0.05) is 55.4 Å². The lowest BCUT2D eigenvalue weighted by Crippen LogP contribution is -2.54. The van der Waals surface area contributed by atoms with Crippen LogP contribution in [-0.4, -0.2) is 30.4 Å². The van der Waals surface area contributed by atoms with E-state index < -0.39 is 16.5 Å². The molecule has 0 bridgehead atoms. The van der Waals surface area contributed by atoms with Crippen LogP contribution in [0.1, 0.15) is 103 Å². The molecule has 4 heteroatoms. The van der Waals surface area contributed by atoms with E-state index in [4.69, 9.17) is 12.6 Å². The maximum Gasteiger partial charge on any atom is 0.225 e. The van der Waals surface area contributed by atoms with E-state index in [0.29, 0.717) is 6.42 Å². The number of nitrogens with one attached hydrogen (secondary N) is 1. The Morgan fingerprint density at radius 1 is 0.808 bits per heavy atom. The molecule has 0 aromatic heterocycles. The molecule has 0 fully saturated rings. The maximum absolute atomic E-state index is 12.4. The van der Waals surface area contributed by atoms with E-state index in [2.05, 4.69) is 53.8 Å². The van der Waals surface area contributed by atoms with Crippen LogP contribution in [0, 0.1) is 16.2 Å². The lowest BCUT2D eigenvalue weighted by molar-refractivity contribution is -0.135. The Kier molecular flexibility index (Phi) is 7.34. The van der Waals surface area contributed by atoms with Crippen LogP contribution in [0.3, 0.4) is 0 Å². The van der Waals surface area contributed by atoms with E-state index in [1.165, 1.54) is 0 Å². The number of rotatable bonds is 7. The van der Waals surface area contributed by atoms with Crippen molar-refractivity contribution in [2.45, 2.75) is 119 Å². The molecule has 0 heterocycles. The molecule has 0 aliphatic rings. The summed E-state index contributed by atoms with van der Waals surface area (Å²) in [5.74, 6) is 0.0198. The number of hydrogen-bond donors (Lipinski definition) is 1. The largest absolute Gasteiger partial charge is 0.379 e. The molecule has 0 spiro atoms. The van der Waals surface area contributed by atoms with Crippen molar-refractivity contribution in [3.8, 4) is 0 Å². The second-order valence-electron chi connectivity index (χ2n) is 12.2. The Bertz CT molecular complexity index is 491. The van der Waals surface area contributed by atoms with Crippen LogP contribution in [-0.2, 0) is 9.53 Å². The van der Waals surface area contributed by atoms with Crippen LogP contribution in [0.15, 0.2) is 0 Å². The Labute approximate surface area is 164 Å². The van der Waals surface area contributed by atoms with Gasteiger partial charge in [-0.3, -0.25) is 4.79 Å². The van der Waals surface area contributed by atoms with Crippen molar-refractivity contribution in [3.63, 3.8) is 0 Å². The molecule has 0 aromatic rings. The van der Waals surface area contributed by atoms with Crippen molar-refractivity contribution < 1.29 is 9.53 Å². The molecule has 0 rings (SSSR count). The predicted octanol–water partition coefficient (Wildman–Crippen LogP) is 5.46. The predicted molar refractivity (Wildman–Crippen MR) is 113 cm³/mol. The first-order valence-corrected chi connectivity index (χ1v) is 9.82. The van der Waals surface area contributed by atoms with Crippen molar-refractivity contribution in [2.75, 3.05) is 0 Å². The molecule has 1 atom stereocenters. The van der Waals surface area contributed by atoms with Crippen LogP contribution in [0.5, 0.6) is 0 Å². The zero-order valence-corrected chi connectivity index (χ0v) is 19.8. The second-order valence-corrected chi connectivity index (χ2v) is 12.2. The zero-order chi connectivity index (χ0) is 21.4. The van der Waals surface area contributed by atoms with Gasteiger partial charge in [-0.25, -0.2) is 0 Å². The third-order valence-electron chi connectivity index (χ3n) is 5.33. The molecule has 1 amide bonds. The summed E-state index contributed by atoms with van der Waals surface area (Å²) in [5, 5.41) is 3.11. The summed E-state index contributed by atoms with van der Waals surface area (Å²) in [7, 11) is 6.53. The Morgan fingerprint density at radius 2 is 1.23 bits per heavy atom. The van der Waals surface area contributed by atoms with Gasteiger partial charge in [-0.2, -0.15) is 0 Å². The Morgan fingerprint density at radius 3 is 1.58 bits per heavy atom.